The molecule has 3 rings (SSSR count). The molecule has 0 saturated carbocycles. The van der Waals surface area contributed by atoms with Crippen LogP contribution in [0.1, 0.15) is 17.5 Å². The van der Waals surface area contributed by atoms with E-state index in [1.54, 1.807) is 0 Å². The number of fused-ring (bicyclic) bond motifs is 1. The summed E-state index contributed by atoms with van der Waals surface area (Å²) in [6.45, 7) is 0.0881. The zero-order valence-electron chi connectivity index (χ0n) is 16.0. The van der Waals surface area contributed by atoms with Crippen LogP contribution in [-0.2, 0) is 22.6 Å². The molecule has 0 saturated heterocycles. The third kappa shape index (κ3) is 5.23. The van der Waals surface area contributed by atoms with E-state index in [1.165, 1.54) is 12.1 Å². The van der Waals surface area contributed by atoms with Crippen LogP contribution in [0.3, 0.4) is 0 Å². The molecule has 2 N–H and O–H groups in total. The Balaban J connectivity index is 2.14. The first-order valence-corrected chi connectivity index (χ1v) is 11.2. The van der Waals surface area contributed by atoms with Gasteiger partial charge >= 0.3 is 6.18 Å². The van der Waals surface area contributed by atoms with Gasteiger partial charge in [-0.15, -0.1) is 0 Å². The molecule has 0 radical (unpaired) electrons. The van der Waals surface area contributed by atoms with E-state index in [1.807, 2.05) is 0 Å². The molecule has 166 valence electrons. The summed E-state index contributed by atoms with van der Waals surface area (Å²) in [5.41, 5.74) is -3.09. The molecule has 3 aromatic rings. The van der Waals surface area contributed by atoms with Crippen LogP contribution in [0.25, 0.3) is 22.2 Å². The van der Waals surface area contributed by atoms with Crippen molar-refractivity contribution in [3.63, 3.8) is 0 Å². The second-order valence-corrected chi connectivity index (χ2v) is 9.09. The van der Waals surface area contributed by atoms with Gasteiger partial charge in [0, 0.05) is 17.1 Å². The highest BCUT2D eigenvalue weighted by Gasteiger charge is 2.38. The molecular weight excluding hydrogens is 462 g/mol. The van der Waals surface area contributed by atoms with Gasteiger partial charge in [-0.25, -0.2) is 17.5 Å². The first kappa shape index (κ1) is 23.2. The number of rotatable bonds is 6. The maximum atomic E-state index is 14.0. The number of alkyl halides is 3. The number of H-pyrrole nitrogens is 1. The summed E-state index contributed by atoms with van der Waals surface area (Å²) in [6.07, 6.45) is -3.53. The fourth-order valence-corrected chi connectivity index (χ4v) is 3.99. The zero-order valence-corrected chi connectivity index (χ0v) is 17.6. The van der Waals surface area contributed by atoms with E-state index >= 15 is 0 Å². The first-order valence-electron chi connectivity index (χ1n) is 8.90. The third-order valence-corrected chi connectivity index (χ3v) is 5.40. The minimum atomic E-state index is -5.04. The number of sulfonamides is 1. The van der Waals surface area contributed by atoms with Crippen LogP contribution in [0.2, 0.25) is 5.02 Å². The van der Waals surface area contributed by atoms with E-state index in [0.717, 1.165) is 18.4 Å². The summed E-state index contributed by atoms with van der Waals surface area (Å²) in [5, 5.41) is 6.57. The summed E-state index contributed by atoms with van der Waals surface area (Å²) in [6, 6.07) is 5.55. The number of aromatic amines is 1. The lowest BCUT2D eigenvalue weighted by Gasteiger charge is -2.14. The Labute approximate surface area is 179 Å². The van der Waals surface area contributed by atoms with Crippen LogP contribution >= 0.6 is 11.6 Å². The number of hydrogen-bond donors (Lipinski definition) is 2. The molecular formula is C19H16ClF4N3O3S. The summed E-state index contributed by atoms with van der Waals surface area (Å²) < 4.78 is 78.9. The van der Waals surface area contributed by atoms with Gasteiger partial charge in [0.05, 0.1) is 17.2 Å². The minimum absolute atomic E-state index is 0.0474. The molecule has 0 spiro atoms. The lowest BCUT2D eigenvalue weighted by molar-refractivity contribution is -0.139. The zero-order chi connectivity index (χ0) is 23.0. The molecule has 31 heavy (non-hydrogen) atoms. The number of benzene rings is 2. The van der Waals surface area contributed by atoms with Crippen molar-refractivity contribution in [1.82, 2.24) is 14.9 Å². The predicted octanol–water partition coefficient (Wildman–Crippen LogP) is 3.88. The normalized spacial score (nSPS) is 12.5. The minimum Gasteiger partial charge on any atom is -0.287 e. The SMILES string of the molecule is CS(=O)(=O)NCCCc1cc(Cl)cc2[nH]nc(-c3cccc(F)c3C(F)(F)F)c(=O)c12. The highest BCUT2D eigenvalue weighted by molar-refractivity contribution is 7.88. The average molecular weight is 478 g/mol. The van der Waals surface area contributed by atoms with E-state index in [-0.39, 0.29) is 28.9 Å². The Morgan fingerprint density at radius 3 is 2.58 bits per heavy atom. The summed E-state index contributed by atoms with van der Waals surface area (Å²) >= 11 is 6.06. The van der Waals surface area contributed by atoms with Gasteiger partial charge in [-0.3, -0.25) is 9.89 Å². The lowest BCUT2D eigenvalue weighted by atomic mass is 9.99. The van der Waals surface area contributed by atoms with E-state index in [4.69, 9.17) is 11.6 Å². The second-order valence-electron chi connectivity index (χ2n) is 6.82. The predicted molar refractivity (Wildman–Crippen MR) is 109 cm³/mol. The maximum absolute atomic E-state index is 14.0. The van der Waals surface area contributed by atoms with Crippen molar-refractivity contribution >= 4 is 32.5 Å². The molecule has 0 aliphatic heterocycles. The van der Waals surface area contributed by atoms with Crippen molar-refractivity contribution in [3.8, 4) is 11.3 Å². The molecule has 0 aliphatic carbocycles. The van der Waals surface area contributed by atoms with Gasteiger partial charge in [-0.2, -0.15) is 18.3 Å². The summed E-state index contributed by atoms with van der Waals surface area (Å²) in [7, 11) is -3.40. The Kier molecular flexibility index (Phi) is 6.40. The Hall–Kier alpha value is -2.50. The van der Waals surface area contributed by atoms with Crippen LogP contribution in [0.5, 0.6) is 0 Å². The molecule has 12 heteroatoms. The van der Waals surface area contributed by atoms with E-state index < -0.39 is 44.3 Å². The molecule has 0 fully saturated rings. The molecule has 0 bridgehead atoms. The summed E-state index contributed by atoms with van der Waals surface area (Å²) in [5.74, 6) is -1.52. The number of hydrogen-bond acceptors (Lipinski definition) is 4. The van der Waals surface area contributed by atoms with Crippen molar-refractivity contribution in [2.24, 2.45) is 0 Å². The topological polar surface area (TPSA) is 91.9 Å². The van der Waals surface area contributed by atoms with Gasteiger partial charge in [0.2, 0.25) is 15.5 Å². The Morgan fingerprint density at radius 1 is 1.23 bits per heavy atom. The average Bonchev–Trinajstić information content (AvgIpc) is 2.63. The van der Waals surface area contributed by atoms with Crippen LogP contribution in [0, 0.1) is 5.82 Å². The van der Waals surface area contributed by atoms with Gasteiger partial charge in [-0.1, -0.05) is 23.7 Å². The second kappa shape index (κ2) is 8.56. The van der Waals surface area contributed by atoms with Crippen molar-refractivity contribution < 1.29 is 26.0 Å². The first-order chi connectivity index (χ1) is 14.4. The van der Waals surface area contributed by atoms with Crippen molar-refractivity contribution in [2.75, 3.05) is 12.8 Å². The van der Waals surface area contributed by atoms with Crippen LogP contribution < -0.4 is 10.2 Å². The Bertz CT molecular complexity index is 1310. The van der Waals surface area contributed by atoms with E-state index in [9.17, 15) is 30.8 Å². The molecule has 0 amide bonds. The lowest BCUT2D eigenvalue weighted by Crippen LogP contribution is -2.23. The third-order valence-electron chi connectivity index (χ3n) is 4.45. The van der Waals surface area contributed by atoms with Gasteiger partial charge in [-0.05, 0) is 36.6 Å². The van der Waals surface area contributed by atoms with Crippen molar-refractivity contribution in [3.05, 3.63) is 62.5 Å². The van der Waals surface area contributed by atoms with Gasteiger partial charge in [0.25, 0.3) is 0 Å². The fourth-order valence-electron chi connectivity index (χ4n) is 3.23. The smallest absolute Gasteiger partial charge is 0.287 e. The Morgan fingerprint density at radius 2 is 1.94 bits per heavy atom. The number of nitrogens with zero attached hydrogens (tertiary/aromatic N) is 1. The molecule has 1 aromatic heterocycles. The fraction of sp³-hybridized carbons (Fsp3) is 0.263. The molecule has 0 atom stereocenters. The van der Waals surface area contributed by atoms with Gasteiger partial charge in [0.15, 0.2) is 0 Å². The quantitative estimate of drug-likeness (QED) is 0.416. The van der Waals surface area contributed by atoms with Crippen molar-refractivity contribution in [2.45, 2.75) is 19.0 Å². The monoisotopic (exact) mass is 477 g/mol. The van der Waals surface area contributed by atoms with Gasteiger partial charge in [0.1, 0.15) is 17.1 Å². The number of nitrogens with one attached hydrogen (secondary N) is 2. The van der Waals surface area contributed by atoms with Crippen LogP contribution in [-0.4, -0.2) is 31.4 Å². The van der Waals surface area contributed by atoms with Gasteiger partial charge < -0.3 is 0 Å². The van der Waals surface area contributed by atoms with Crippen molar-refractivity contribution in [1.29, 1.82) is 0 Å². The van der Waals surface area contributed by atoms with Crippen LogP contribution in [0.15, 0.2) is 35.1 Å². The largest absolute Gasteiger partial charge is 0.419 e. The number of aryl methyl sites for hydroxylation is 1. The molecule has 0 unspecified atom stereocenters. The standard InChI is InChI=1S/C19H16ClF4N3O3S/c1-31(29,30)25-7-3-4-10-8-11(20)9-14-15(10)18(28)17(27-26-14)12-5-2-6-13(21)16(12)19(22,23)24/h2,5-6,8-9,25H,3-4,7H2,1H3,(H,26,28). The van der Waals surface area contributed by atoms with E-state index in [2.05, 4.69) is 14.9 Å². The maximum Gasteiger partial charge on any atom is 0.419 e. The molecule has 0 aliphatic rings. The number of halogens is 5. The number of aromatic nitrogens is 2. The highest BCUT2D eigenvalue weighted by Crippen LogP contribution is 2.37. The van der Waals surface area contributed by atoms with E-state index in [0.29, 0.717) is 18.1 Å². The highest BCUT2D eigenvalue weighted by atomic mass is 35.5. The molecule has 6 nitrogen and oxygen atoms in total. The molecule has 1 heterocycles. The summed E-state index contributed by atoms with van der Waals surface area (Å²) in [4.78, 5) is 13.1. The molecule has 2 aromatic carbocycles. The van der Waals surface area contributed by atoms with Crippen LogP contribution in [0.4, 0.5) is 17.6 Å².